The predicted molar refractivity (Wildman–Crippen MR) is 151 cm³/mol. The average Bonchev–Trinajstić information content (AvgIpc) is 3.49. The molecule has 1 spiro atoms. The molecule has 7 nitrogen and oxygen atoms in total. The van der Waals surface area contributed by atoms with Crippen molar-refractivity contribution in [2.24, 2.45) is 0 Å². The fourth-order valence-electron chi connectivity index (χ4n) is 6.24. The highest BCUT2D eigenvalue weighted by molar-refractivity contribution is 6.00. The van der Waals surface area contributed by atoms with Gasteiger partial charge in [-0.25, -0.2) is 0 Å². The van der Waals surface area contributed by atoms with Crippen molar-refractivity contribution in [3.8, 4) is 0 Å². The Labute approximate surface area is 232 Å². The number of rotatable bonds is 12. The standard InChI is InChI=1S/C32H43N3O4/c36-30-29(25-38-24-27-14-6-2-7-15-27)33-31(37)32(35(30)23-28-16-10-22-39-28)17-20-34(21-18-32)19-9-3-8-13-26-11-4-1-5-12-26/h1-2,4-7,11-12,14-15,28-29H,3,8-10,13,16-25H2,(H,33,37). The van der Waals surface area contributed by atoms with Crippen molar-refractivity contribution < 1.29 is 19.1 Å². The monoisotopic (exact) mass is 533 g/mol. The van der Waals surface area contributed by atoms with Crippen molar-refractivity contribution in [3.63, 3.8) is 0 Å². The lowest BCUT2D eigenvalue weighted by atomic mass is 9.81. The molecule has 3 aliphatic heterocycles. The van der Waals surface area contributed by atoms with Gasteiger partial charge in [0, 0.05) is 26.2 Å². The lowest BCUT2D eigenvalue weighted by Gasteiger charge is -2.52. The van der Waals surface area contributed by atoms with Crippen LogP contribution in [0.4, 0.5) is 0 Å². The summed E-state index contributed by atoms with van der Waals surface area (Å²) in [6, 6.07) is 19.9. The zero-order valence-electron chi connectivity index (χ0n) is 23.1. The first-order valence-electron chi connectivity index (χ1n) is 14.8. The molecule has 2 amide bonds. The van der Waals surface area contributed by atoms with Gasteiger partial charge >= 0.3 is 0 Å². The number of benzene rings is 2. The van der Waals surface area contributed by atoms with E-state index in [1.807, 2.05) is 35.2 Å². The zero-order chi connectivity index (χ0) is 26.9. The number of amides is 2. The van der Waals surface area contributed by atoms with Crippen LogP contribution in [0.25, 0.3) is 0 Å². The molecule has 2 aromatic rings. The minimum absolute atomic E-state index is 0.00487. The van der Waals surface area contributed by atoms with E-state index in [0.717, 1.165) is 57.5 Å². The number of carbonyl (C=O) groups is 2. The topological polar surface area (TPSA) is 71.1 Å². The molecular weight excluding hydrogens is 490 g/mol. The first-order chi connectivity index (χ1) is 19.1. The number of nitrogens with zero attached hydrogens (tertiary/aromatic N) is 2. The van der Waals surface area contributed by atoms with Gasteiger partial charge in [-0.2, -0.15) is 0 Å². The maximum absolute atomic E-state index is 13.8. The number of aryl methyl sites for hydroxylation is 1. The molecule has 3 fully saturated rings. The van der Waals surface area contributed by atoms with E-state index < -0.39 is 11.6 Å². The maximum atomic E-state index is 13.8. The van der Waals surface area contributed by atoms with Crippen LogP contribution in [0, 0.1) is 0 Å². The molecule has 2 aromatic carbocycles. The Morgan fingerprint density at radius 3 is 2.33 bits per heavy atom. The molecule has 2 atom stereocenters. The van der Waals surface area contributed by atoms with Crippen LogP contribution in [0.1, 0.15) is 56.1 Å². The first-order valence-corrected chi connectivity index (χ1v) is 14.8. The Hall–Kier alpha value is -2.74. The van der Waals surface area contributed by atoms with Gasteiger partial charge in [0.2, 0.25) is 11.8 Å². The quantitative estimate of drug-likeness (QED) is 0.419. The van der Waals surface area contributed by atoms with Crippen LogP contribution < -0.4 is 5.32 Å². The van der Waals surface area contributed by atoms with Gasteiger partial charge in [-0.1, -0.05) is 67.1 Å². The average molecular weight is 534 g/mol. The van der Waals surface area contributed by atoms with E-state index in [4.69, 9.17) is 9.47 Å². The summed E-state index contributed by atoms with van der Waals surface area (Å²) in [5.41, 5.74) is 1.66. The SMILES string of the molecule is O=C1C(COCc2ccccc2)NC(=O)C2(CCN(CCCCCc3ccccc3)CC2)N1CC1CCCO1. The van der Waals surface area contributed by atoms with E-state index in [-0.39, 0.29) is 24.5 Å². The van der Waals surface area contributed by atoms with Crippen LogP contribution in [-0.4, -0.2) is 78.7 Å². The normalized spacial score (nSPS) is 23.3. The summed E-state index contributed by atoms with van der Waals surface area (Å²) in [6.45, 7) is 4.51. The Balaban J connectivity index is 1.14. The molecule has 0 saturated carbocycles. The maximum Gasteiger partial charge on any atom is 0.248 e. The zero-order valence-corrected chi connectivity index (χ0v) is 23.1. The Morgan fingerprint density at radius 2 is 1.64 bits per heavy atom. The van der Waals surface area contributed by atoms with E-state index in [2.05, 4.69) is 40.5 Å². The number of nitrogens with one attached hydrogen (secondary N) is 1. The van der Waals surface area contributed by atoms with Crippen LogP contribution in [0.3, 0.4) is 0 Å². The highest BCUT2D eigenvalue weighted by Crippen LogP contribution is 2.34. The van der Waals surface area contributed by atoms with Gasteiger partial charge in [-0.15, -0.1) is 0 Å². The van der Waals surface area contributed by atoms with Crippen molar-refractivity contribution in [2.45, 2.75) is 75.7 Å². The highest BCUT2D eigenvalue weighted by atomic mass is 16.5. The van der Waals surface area contributed by atoms with Crippen LogP contribution in [0.2, 0.25) is 0 Å². The molecule has 210 valence electrons. The number of hydrogen-bond acceptors (Lipinski definition) is 5. The van der Waals surface area contributed by atoms with Crippen molar-refractivity contribution in [1.29, 1.82) is 0 Å². The first kappa shape index (κ1) is 27.8. The van der Waals surface area contributed by atoms with E-state index >= 15 is 0 Å². The van der Waals surface area contributed by atoms with Gasteiger partial charge in [0.25, 0.3) is 0 Å². The van der Waals surface area contributed by atoms with Crippen LogP contribution >= 0.6 is 0 Å². The predicted octanol–water partition coefficient (Wildman–Crippen LogP) is 3.96. The largest absolute Gasteiger partial charge is 0.376 e. The summed E-state index contributed by atoms with van der Waals surface area (Å²) in [5, 5.41) is 3.04. The number of carbonyl (C=O) groups excluding carboxylic acids is 2. The smallest absolute Gasteiger partial charge is 0.248 e. The molecule has 5 rings (SSSR count). The molecule has 0 aliphatic carbocycles. The Morgan fingerprint density at radius 1 is 0.923 bits per heavy atom. The van der Waals surface area contributed by atoms with E-state index in [0.29, 0.717) is 26.0 Å². The molecule has 2 unspecified atom stereocenters. The number of piperazine rings is 1. The number of unbranched alkanes of at least 4 members (excludes halogenated alkanes) is 2. The van der Waals surface area contributed by atoms with Gasteiger partial charge in [0.15, 0.2) is 0 Å². The third-order valence-corrected chi connectivity index (χ3v) is 8.58. The third kappa shape index (κ3) is 7.07. The number of piperidine rings is 1. The van der Waals surface area contributed by atoms with Crippen molar-refractivity contribution in [2.75, 3.05) is 39.4 Å². The molecular formula is C32H43N3O4. The molecule has 0 aromatic heterocycles. The Bertz CT molecular complexity index is 1050. The van der Waals surface area contributed by atoms with Crippen LogP contribution in [0.5, 0.6) is 0 Å². The lowest BCUT2D eigenvalue weighted by molar-refractivity contribution is -0.165. The molecule has 0 radical (unpaired) electrons. The second-order valence-corrected chi connectivity index (χ2v) is 11.3. The number of ether oxygens (including phenoxy) is 2. The summed E-state index contributed by atoms with van der Waals surface area (Å²) in [7, 11) is 0. The minimum Gasteiger partial charge on any atom is -0.376 e. The molecule has 0 bridgehead atoms. The molecule has 1 N–H and O–H groups in total. The number of likely N-dealkylation sites (tertiary alicyclic amines) is 1. The fourth-order valence-corrected chi connectivity index (χ4v) is 6.24. The lowest BCUT2D eigenvalue weighted by Crippen LogP contribution is -2.74. The van der Waals surface area contributed by atoms with Crippen molar-refractivity contribution in [3.05, 3.63) is 71.8 Å². The summed E-state index contributed by atoms with van der Waals surface area (Å²) in [6.07, 6.45) is 7.96. The summed E-state index contributed by atoms with van der Waals surface area (Å²) >= 11 is 0. The second-order valence-electron chi connectivity index (χ2n) is 11.3. The molecule has 3 aliphatic rings. The molecule has 3 heterocycles. The third-order valence-electron chi connectivity index (χ3n) is 8.58. The van der Waals surface area contributed by atoms with Gasteiger partial charge in [0.1, 0.15) is 11.6 Å². The van der Waals surface area contributed by atoms with E-state index in [1.165, 1.54) is 18.4 Å². The van der Waals surface area contributed by atoms with E-state index in [9.17, 15) is 9.59 Å². The van der Waals surface area contributed by atoms with Crippen molar-refractivity contribution in [1.82, 2.24) is 15.1 Å². The van der Waals surface area contributed by atoms with Crippen molar-refractivity contribution >= 4 is 11.8 Å². The molecule has 39 heavy (non-hydrogen) atoms. The Kier molecular flexibility index (Phi) is 9.67. The van der Waals surface area contributed by atoms with Gasteiger partial charge in [0.05, 0.1) is 19.3 Å². The fraction of sp³-hybridized carbons (Fsp3) is 0.562. The summed E-state index contributed by atoms with van der Waals surface area (Å²) in [4.78, 5) is 31.8. The molecule has 3 saturated heterocycles. The summed E-state index contributed by atoms with van der Waals surface area (Å²) < 4.78 is 11.8. The molecule has 7 heteroatoms. The summed E-state index contributed by atoms with van der Waals surface area (Å²) in [5.74, 6) is -0.0663. The highest BCUT2D eigenvalue weighted by Gasteiger charge is 2.54. The van der Waals surface area contributed by atoms with Gasteiger partial charge < -0.3 is 24.6 Å². The van der Waals surface area contributed by atoms with Gasteiger partial charge in [-0.3, -0.25) is 9.59 Å². The van der Waals surface area contributed by atoms with Gasteiger partial charge in [-0.05, 0) is 62.6 Å². The number of hydrogen-bond donors (Lipinski definition) is 1. The second kappa shape index (κ2) is 13.6. The van der Waals surface area contributed by atoms with Crippen LogP contribution in [0.15, 0.2) is 60.7 Å². The minimum atomic E-state index is -0.789. The van der Waals surface area contributed by atoms with E-state index in [1.54, 1.807) is 0 Å². The van der Waals surface area contributed by atoms with Crippen LogP contribution in [-0.2, 0) is 32.1 Å².